The van der Waals surface area contributed by atoms with E-state index in [-0.39, 0.29) is 32.1 Å². The van der Waals surface area contributed by atoms with Crippen molar-refractivity contribution in [2.45, 2.75) is 20.3 Å². The molecule has 1 fully saturated rings. The first kappa shape index (κ1) is 34.7. The van der Waals surface area contributed by atoms with Gasteiger partial charge in [-0.05, 0) is 12.3 Å². The topological polar surface area (TPSA) is 172 Å². The van der Waals surface area contributed by atoms with Crippen LogP contribution in [-0.2, 0) is 28.7 Å². The minimum Gasteiger partial charge on any atom is -0.480 e. The number of carbonyl (C=O) groups is 4. The highest BCUT2D eigenvalue weighted by molar-refractivity contribution is 5.78. The number of hydrogen-bond acceptors (Lipinski definition) is 10. The van der Waals surface area contributed by atoms with Gasteiger partial charge in [-0.15, -0.1) is 0 Å². The van der Waals surface area contributed by atoms with Crippen molar-refractivity contribution in [3.63, 3.8) is 0 Å². The van der Waals surface area contributed by atoms with Gasteiger partial charge in [0, 0.05) is 65.5 Å². The van der Waals surface area contributed by atoms with E-state index in [0.29, 0.717) is 91.2 Å². The van der Waals surface area contributed by atoms with E-state index in [1.54, 1.807) is 14.7 Å². The Morgan fingerprint density at radius 3 is 1.33 bits per heavy atom. The second kappa shape index (κ2) is 20.5. The van der Waals surface area contributed by atoms with E-state index >= 15 is 0 Å². The molecule has 1 amide bonds. The Morgan fingerprint density at radius 2 is 0.974 bits per heavy atom. The first-order chi connectivity index (χ1) is 18.5. The Balaban J connectivity index is 2.63. The molecule has 0 aromatic rings. The maximum absolute atomic E-state index is 12.6. The Hall–Kier alpha value is -2.36. The average Bonchev–Trinajstić information content (AvgIpc) is 2.83. The summed E-state index contributed by atoms with van der Waals surface area (Å²) in [4.78, 5) is 53.6. The third kappa shape index (κ3) is 19.4. The van der Waals surface area contributed by atoms with Crippen molar-refractivity contribution in [2.75, 3.05) is 112 Å². The summed E-state index contributed by atoms with van der Waals surface area (Å²) in [5.41, 5.74) is 0. The highest BCUT2D eigenvalue weighted by Gasteiger charge is 2.21. The summed E-state index contributed by atoms with van der Waals surface area (Å²) in [6.45, 7) is 8.87. The van der Waals surface area contributed by atoms with Gasteiger partial charge in [-0.3, -0.25) is 38.8 Å². The Labute approximate surface area is 230 Å². The molecule has 0 spiro atoms. The van der Waals surface area contributed by atoms with E-state index in [1.165, 1.54) is 0 Å². The molecule has 0 bridgehead atoms. The van der Waals surface area contributed by atoms with E-state index < -0.39 is 17.9 Å². The van der Waals surface area contributed by atoms with Crippen LogP contribution < -0.4 is 5.32 Å². The molecule has 226 valence electrons. The summed E-state index contributed by atoms with van der Waals surface area (Å²) < 4.78 is 11.0. The number of amides is 1. The fourth-order valence-electron chi connectivity index (χ4n) is 3.95. The van der Waals surface area contributed by atoms with Crippen molar-refractivity contribution in [1.29, 1.82) is 0 Å². The Kier molecular flexibility index (Phi) is 18.2. The fraction of sp³-hybridized carbons (Fsp3) is 0.840. The van der Waals surface area contributed by atoms with Crippen molar-refractivity contribution in [3.05, 3.63) is 0 Å². The molecule has 1 aliphatic rings. The second-order valence-electron chi connectivity index (χ2n) is 10.0. The van der Waals surface area contributed by atoms with E-state index in [2.05, 4.69) is 19.2 Å². The first-order valence-electron chi connectivity index (χ1n) is 13.5. The van der Waals surface area contributed by atoms with Gasteiger partial charge in [0.15, 0.2) is 0 Å². The van der Waals surface area contributed by atoms with E-state index in [1.807, 2.05) is 4.90 Å². The number of nitrogens with zero attached hydrogens (tertiary/aromatic N) is 4. The van der Waals surface area contributed by atoms with Crippen LogP contribution in [0.5, 0.6) is 0 Å². The van der Waals surface area contributed by atoms with Crippen LogP contribution in [0.3, 0.4) is 0 Å². The van der Waals surface area contributed by atoms with Crippen LogP contribution in [0.1, 0.15) is 20.3 Å². The summed E-state index contributed by atoms with van der Waals surface area (Å²) in [7, 11) is 0. The number of nitrogens with one attached hydrogen (secondary N) is 1. The van der Waals surface area contributed by atoms with Crippen molar-refractivity contribution >= 4 is 23.8 Å². The number of aliphatic carboxylic acids is 3. The molecule has 14 heteroatoms. The van der Waals surface area contributed by atoms with Gasteiger partial charge in [-0.1, -0.05) is 13.8 Å². The molecule has 14 nitrogen and oxygen atoms in total. The standard InChI is InChI=1S/C25H47N5O9/c1-21(2)3-13-38-15-16-39-14-4-26-22(31)17-27-5-7-28(18-23(32)33)9-11-30(20-25(36)37)12-10-29(8-6-27)19-24(34)35/h21H,3-20H2,1-2H3,(H,26,31)(H,32,33)(H,34,35)(H,36,37). The molecule has 0 aromatic carbocycles. The van der Waals surface area contributed by atoms with Crippen molar-refractivity contribution in [3.8, 4) is 0 Å². The van der Waals surface area contributed by atoms with Crippen LogP contribution in [0.15, 0.2) is 0 Å². The van der Waals surface area contributed by atoms with Crippen molar-refractivity contribution in [2.24, 2.45) is 5.92 Å². The molecule has 1 aliphatic heterocycles. The maximum atomic E-state index is 12.6. The van der Waals surface area contributed by atoms with Crippen LogP contribution >= 0.6 is 0 Å². The van der Waals surface area contributed by atoms with Gasteiger partial charge < -0.3 is 30.1 Å². The monoisotopic (exact) mass is 561 g/mol. The summed E-state index contributed by atoms with van der Waals surface area (Å²) in [6, 6.07) is 0. The molecule has 0 aromatic heterocycles. The van der Waals surface area contributed by atoms with Crippen LogP contribution in [0, 0.1) is 5.92 Å². The molecule has 0 saturated carbocycles. The molecule has 1 saturated heterocycles. The third-order valence-corrected chi connectivity index (χ3v) is 6.15. The molecule has 4 N–H and O–H groups in total. The first-order valence-corrected chi connectivity index (χ1v) is 13.5. The minimum atomic E-state index is -1.01. The number of rotatable bonds is 17. The fourth-order valence-corrected chi connectivity index (χ4v) is 3.95. The highest BCUT2D eigenvalue weighted by Crippen LogP contribution is 2.02. The van der Waals surface area contributed by atoms with Crippen LogP contribution in [0.4, 0.5) is 0 Å². The lowest BCUT2D eigenvalue weighted by atomic mass is 10.1. The van der Waals surface area contributed by atoms with Crippen molar-refractivity contribution < 1.29 is 44.0 Å². The number of hydrogen-bond donors (Lipinski definition) is 4. The Morgan fingerprint density at radius 1 is 0.615 bits per heavy atom. The van der Waals surface area contributed by atoms with E-state index in [4.69, 9.17) is 9.47 Å². The van der Waals surface area contributed by atoms with E-state index in [9.17, 15) is 34.5 Å². The lowest BCUT2D eigenvalue weighted by Gasteiger charge is -2.32. The van der Waals surface area contributed by atoms with Crippen LogP contribution in [0.25, 0.3) is 0 Å². The van der Waals surface area contributed by atoms with Crippen LogP contribution in [0.2, 0.25) is 0 Å². The molecular weight excluding hydrogens is 514 g/mol. The largest absolute Gasteiger partial charge is 0.480 e. The van der Waals surface area contributed by atoms with Gasteiger partial charge in [0.05, 0.1) is 46.0 Å². The zero-order valence-corrected chi connectivity index (χ0v) is 23.4. The summed E-state index contributed by atoms with van der Waals surface area (Å²) in [5, 5.41) is 30.7. The quantitative estimate of drug-likeness (QED) is 0.154. The van der Waals surface area contributed by atoms with Gasteiger partial charge in [0.2, 0.25) is 5.91 Å². The van der Waals surface area contributed by atoms with Crippen LogP contribution in [-0.4, -0.2) is 170 Å². The zero-order chi connectivity index (χ0) is 29.0. The lowest BCUT2D eigenvalue weighted by Crippen LogP contribution is -2.50. The van der Waals surface area contributed by atoms with Gasteiger partial charge in [0.1, 0.15) is 0 Å². The third-order valence-electron chi connectivity index (χ3n) is 6.15. The van der Waals surface area contributed by atoms with Gasteiger partial charge >= 0.3 is 17.9 Å². The number of carboxylic acid groups (broad SMARTS) is 3. The molecule has 1 rings (SSSR count). The predicted molar refractivity (Wildman–Crippen MR) is 143 cm³/mol. The van der Waals surface area contributed by atoms with Gasteiger partial charge in [0.25, 0.3) is 0 Å². The smallest absolute Gasteiger partial charge is 0.317 e. The predicted octanol–water partition coefficient (Wildman–Crippen LogP) is -1.34. The molecule has 39 heavy (non-hydrogen) atoms. The molecular formula is C25H47N5O9. The van der Waals surface area contributed by atoms with Crippen molar-refractivity contribution in [1.82, 2.24) is 24.9 Å². The zero-order valence-electron chi connectivity index (χ0n) is 23.4. The molecule has 0 atom stereocenters. The summed E-state index contributed by atoms with van der Waals surface area (Å²) in [6.07, 6.45) is 0.998. The maximum Gasteiger partial charge on any atom is 0.317 e. The SMILES string of the molecule is CC(C)CCOCCOCCNC(=O)CN1CCN(CC(=O)O)CCN(CC(=O)O)CCN(CC(=O)O)CC1. The average molecular weight is 562 g/mol. The van der Waals surface area contributed by atoms with Gasteiger partial charge in [-0.25, -0.2) is 0 Å². The number of carboxylic acids is 3. The summed E-state index contributed by atoms with van der Waals surface area (Å²) in [5.74, 6) is -2.61. The molecule has 1 heterocycles. The highest BCUT2D eigenvalue weighted by atomic mass is 16.5. The van der Waals surface area contributed by atoms with Gasteiger partial charge in [-0.2, -0.15) is 0 Å². The molecule has 0 radical (unpaired) electrons. The number of ether oxygens (including phenoxy) is 2. The second-order valence-corrected chi connectivity index (χ2v) is 10.0. The molecule has 0 unspecified atom stereocenters. The number of carbonyl (C=O) groups excluding carboxylic acids is 1. The minimum absolute atomic E-state index is 0.0747. The van der Waals surface area contributed by atoms with E-state index in [0.717, 1.165) is 6.42 Å². The Bertz CT molecular complexity index is 709. The molecule has 0 aliphatic carbocycles. The lowest BCUT2D eigenvalue weighted by molar-refractivity contribution is -0.140. The normalized spacial score (nSPS) is 17.4. The summed E-state index contributed by atoms with van der Waals surface area (Å²) >= 11 is 0.